The van der Waals surface area contributed by atoms with Crippen molar-refractivity contribution in [3.05, 3.63) is 0 Å². The zero-order chi connectivity index (χ0) is 9.26. The molecule has 2 unspecified atom stereocenters. The lowest BCUT2D eigenvalue weighted by Gasteiger charge is -2.38. The molecule has 2 fully saturated rings. The Labute approximate surface area is 81.7 Å². The second-order valence-corrected chi connectivity index (χ2v) is 4.70. The molecule has 2 rings (SSSR count). The number of likely N-dealkylation sites (tertiary alicyclic amines) is 1. The molecule has 1 aliphatic carbocycles. The van der Waals surface area contributed by atoms with E-state index in [9.17, 15) is 0 Å². The lowest BCUT2D eigenvalue weighted by atomic mass is 9.93. The Morgan fingerprint density at radius 1 is 1.23 bits per heavy atom. The first-order valence-corrected chi connectivity index (χ1v) is 5.70. The van der Waals surface area contributed by atoms with Crippen LogP contribution in [0.15, 0.2) is 0 Å². The van der Waals surface area contributed by atoms with Crippen molar-refractivity contribution >= 4 is 0 Å². The van der Waals surface area contributed by atoms with E-state index in [4.69, 9.17) is 0 Å². The second-order valence-electron chi connectivity index (χ2n) is 4.70. The molecule has 76 valence electrons. The molecular formula is C11H22N2. The first kappa shape index (κ1) is 9.47. The molecule has 0 spiro atoms. The number of likely N-dealkylation sites (N-methyl/N-ethyl adjacent to an activating group) is 2. The maximum Gasteiger partial charge on any atom is 0.0248 e. The number of nitrogens with zero attached hydrogens (tertiary/aromatic N) is 1. The average molecular weight is 182 g/mol. The number of hydrogen-bond donors (Lipinski definition) is 1. The molecule has 1 heterocycles. The molecule has 2 aliphatic rings. The summed E-state index contributed by atoms with van der Waals surface area (Å²) in [4.78, 5) is 2.56. The fourth-order valence-electron chi connectivity index (χ4n) is 2.75. The van der Waals surface area contributed by atoms with Crippen molar-refractivity contribution in [1.82, 2.24) is 10.2 Å². The fraction of sp³-hybridized carbons (Fsp3) is 1.00. The van der Waals surface area contributed by atoms with Crippen molar-refractivity contribution in [2.24, 2.45) is 5.92 Å². The van der Waals surface area contributed by atoms with Gasteiger partial charge in [0.25, 0.3) is 0 Å². The molecule has 0 aromatic rings. The summed E-state index contributed by atoms with van der Waals surface area (Å²) in [6, 6.07) is 1.58. The van der Waals surface area contributed by atoms with E-state index in [1.165, 1.54) is 38.6 Å². The molecule has 1 saturated carbocycles. The van der Waals surface area contributed by atoms with E-state index in [-0.39, 0.29) is 0 Å². The summed E-state index contributed by atoms with van der Waals surface area (Å²) in [5.41, 5.74) is 0. The highest BCUT2D eigenvalue weighted by Crippen LogP contribution is 2.36. The van der Waals surface area contributed by atoms with E-state index in [0.29, 0.717) is 0 Å². The molecule has 0 amide bonds. The summed E-state index contributed by atoms with van der Waals surface area (Å²) < 4.78 is 0. The summed E-state index contributed by atoms with van der Waals surface area (Å²) in [5, 5.41) is 3.52. The van der Waals surface area contributed by atoms with Crippen LogP contribution in [0.2, 0.25) is 0 Å². The molecule has 0 aromatic carbocycles. The predicted molar refractivity (Wildman–Crippen MR) is 55.8 cm³/mol. The normalized spacial score (nSPS) is 33.2. The minimum atomic E-state index is 0.769. The van der Waals surface area contributed by atoms with Crippen LogP contribution in [-0.4, -0.2) is 37.6 Å². The zero-order valence-corrected chi connectivity index (χ0v) is 8.92. The largest absolute Gasteiger partial charge is 0.315 e. The van der Waals surface area contributed by atoms with E-state index in [0.717, 1.165) is 18.0 Å². The van der Waals surface area contributed by atoms with Crippen LogP contribution < -0.4 is 5.32 Å². The van der Waals surface area contributed by atoms with Gasteiger partial charge < -0.3 is 10.2 Å². The number of piperidine rings is 1. The monoisotopic (exact) mass is 182 g/mol. The Balaban J connectivity index is 1.94. The van der Waals surface area contributed by atoms with Crippen LogP contribution >= 0.6 is 0 Å². The standard InChI is InChI=1S/C11H22N2/c1-12-11(9-6-7-9)10-5-3-4-8-13(10)2/h9-12H,3-8H2,1-2H3. The van der Waals surface area contributed by atoms with Crippen LogP contribution in [0.25, 0.3) is 0 Å². The Kier molecular flexibility index (Phi) is 2.89. The minimum Gasteiger partial charge on any atom is -0.315 e. The molecule has 0 radical (unpaired) electrons. The second kappa shape index (κ2) is 3.97. The number of nitrogens with one attached hydrogen (secondary N) is 1. The third-order valence-electron chi connectivity index (χ3n) is 3.70. The molecule has 2 heteroatoms. The van der Waals surface area contributed by atoms with Crippen LogP contribution in [0.1, 0.15) is 32.1 Å². The maximum absolute atomic E-state index is 3.52. The van der Waals surface area contributed by atoms with E-state index >= 15 is 0 Å². The van der Waals surface area contributed by atoms with E-state index in [1.807, 2.05) is 0 Å². The van der Waals surface area contributed by atoms with Crippen molar-refractivity contribution < 1.29 is 0 Å². The van der Waals surface area contributed by atoms with Gasteiger partial charge in [-0.1, -0.05) is 6.42 Å². The maximum atomic E-state index is 3.52. The van der Waals surface area contributed by atoms with Crippen molar-refractivity contribution in [3.8, 4) is 0 Å². The lowest BCUT2D eigenvalue weighted by molar-refractivity contribution is 0.139. The van der Waals surface area contributed by atoms with Gasteiger partial charge in [0.2, 0.25) is 0 Å². The zero-order valence-electron chi connectivity index (χ0n) is 8.92. The molecule has 0 bridgehead atoms. The molecular weight excluding hydrogens is 160 g/mol. The molecule has 2 nitrogen and oxygen atoms in total. The first-order chi connectivity index (χ1) is 6.33. The Hall–Kier alpha value is -0.0800. The summed E-state index contributed by atoms with van der Waals surface area (Å²) >= 11 is 0. The summed E-state index contributed by atoms with van der Waals surface area (Å²) in [6.45, 7) is 1.30. The quantitative estimate of drug-likeness (QED) is 0.711. The van der Waals surface area contributed by atoms with Gasteiger partial charge in [-0.2, -0.15) is 0 Å². The summed E-state index contributed by atoms with van der Waals surface area (Å²) in [5.74, 6) is 0.982. The van der Waals surface area contributed by atoms with Crippen LogP contribution in [0.3, 0.4) is 0 Å². The average Bonchev–Trinajstić information content (AvgIpc) is 2.93. The van der Waals surface area contributed by atoms with E-state index in [2.05, 4.69) is 24.3 Å². The Morgan fingerprint density at radius 2 is 2.00 bits per heavy atom. The van der Waals surface area contributed by atoms with Gasteiger partial charge in [0.1, 0.15) is 0 Å². The fourth-order valence-corrected chi connectivity index (χ4v) is 2.75. The van der Waals surface area contributed by atoms with Crippen molar-refractivity contribution in [1.29, 1.82) is 0 Å². The topological polar surface area (TPSA) is 15.3 Å². The summed E-state index contributed by atoms with van der Waals surface area (Å²) in [7, 11) is 4.42. The SMILES string of the molecule is CNC(C1CC1)C1CCCCN1C. The third-order valence-corrected chi connectivity index (χ3v) is 3.70. The highest BCUT2D eigenvalue weighted by atomic mass is 15.2. The molecule has 2 atom stereocenters. The molecule has 1 aliphatic heterocycles. The molecule has 13 heavy (non-hydrogen) atoms. The number of rotatable bonds is 3. The Bertz CT molecular complexity index is 165. The van der Waals surface area contributed by atoms with Crippen molar-refractivity contribution in [3.63, 3.8) is 0 Å². The first-order valence-electron chi connectivity index (χ1n) is 5.70. The van der Waals surface area contributed by atoms with E-state index in [1.54, 1.807) is 0 Å². The van der Waals surface area contributed by atoms with Crippen LogP contribution in [0.4, 0.5) is 0 Å². The molecule has 1 saturated heterocycles. The van der Waals surface area contributed by atoms with Gasteiger partial charge in [0.05, 0.1) is 0 Å². The highest BCUT2D eigenvalue weighted by molar-refractivity contribution is 4.95. The lowest BCUT2D eigenvalue weighted by Crippen LogP contribution is -2.50. The van der Waals surface area contributed by atoms with Gasteiger partial charge in [0.15, 0.2) is 0 Å². The third kappa shape index (κ3) is 2.05. The Morgan fingerprint density at radius 3 is 2.54 bits per heavy atom. The van der Waals surface area contributed by atoms with Gasteiger partial charge >= 0.3 is 0 Å². The van der Waals surface area contributed by atoms with Crippen LogP contribution in [0.5, 0.6) is 0 Å². The van der Waals surface area contributed by atoms with Gasteiger partial charge in [-0.15, -0.1) is 0 Å². The van der Waals surface area contributed by atoms with Gasteiger partial charge in [-0.3, -0.25) is 0 Å². The predicted octanol–water partition coefficient (Wildman–Crippen LogP) is 1.47. The van der Waals surface area contributed by atoms with Gasteiger partial charge in [-0.05, 0) is 52.2 Å². The minimum absolute atomic E-state index is 0.769. The van der Waals surface area contributed by atoms with Crippen LogP contribution in [0, 0.1) is 5.92 Å². The van der Waals surface area contributed by atoms with Crippen LogP contribution in [-0.2, 0) is 0 Å². The van der Waals surface area contributed by atoms with Gasteiger partial charge in [-0.25, -0.2) is 0 Å². The molecule has 1 N–H and O–H groups in total. The summed E-state index contributed by atoms with van der Waals surface area (Å²) in [6.07, 6.45) is 7.14. The van der Waals surface area contributed by atoms with Crippen molar-refractivity contribution in [2.75, 3.05) is 20.6 Å². The van der Waals surface area contributed by atoms with E-state index < -0.39 is 0 Å². The smallest absolute Gasteiger partial charge is 0.0248 e. The van der Waals surface area contributed by atoms with Gasteiger partial charge in [0, 0.05) is 12.1 Å². The molecule has 0 aromatic heterocycles. The highest BCUT2D eigenvalue weighted by Gasteiger charge is 2.37. The number of hydrogen-bond acceptors (Lipinski definition) is 2. The van der Waals surface area contributed by atoms with Crippen molar-refractivity contribution in [2.45, 2.75) is 44.2 Å².